The summed E-state index contributed by atoms with van der Waals surface area (Å²) in [5.41, 5.74) is 6.93. The van der Waals surface area contributed by atoms with Crippen molar-refractivity contribution in [3.8, 4) is 0 Å². The molecule has 32 heavy (non-hydrogen) atoms. The van der Waals surface area contributed by atoms with Crippen LogP contribution in [0.15, 0.2) is 52.4 Å². The Labute approximate surface area is 184 Å². The second-order valence-corrected chi connectivity index (χ2v) is 8.47. The Hall–Kier alpha value is -3.74. The Morgan fingerprint density at radius 1 is 1.16 bits per heavy atom. The van der Waals surface area contributed by atoms with E-state index >= 15 is 0 Å². The van der Waals surface area contributed by atoms with Gasteiger partial charge in [-0.15, -0.1) is 0 Å². The third-order valence-corrected chi connectivity index (χ3v) is 6.09. The van der Waals surface area contributed by atoms with Gasteiger partial charge in [-0.3, -0.25) is 14.6 Å². The van der Waals surface area contributed by atoms with Gasteiger partial charge in [-0.25, -0.2) is 4.39 Å². The topological polar surface area (TPSA) is 86.3 Å². The summed E-state index contributed by atoms with van der Waals surface area (Å²) in [4.78, 5) is 32.3. The molecule has 1 amide bonds. The first-order valence-electron chi connectivity index (χ1n) is 10.6. The van der Waals surface area contributed by atoms with Gasteiger partial charge in [-0.2, -0.15) is 0 Å². The van der Waals surface area contributed by atoms with Gasteiger partial charge in [0.2, 0.25) is 0 Å². The lowest BCUT2D eigenvalue weighted by Crippen LogP contribution is -2.25. The highest BCUT2D eigenvalue weighted by atomic mass is 19.1. The lowest BCUT2D eigenvalue weighted by atomic mass is 9.99. The number of rotatable bonds is 5. The van der Waals surface area contributed by atoms with E-state index in [2.05, 4.69) is 15.6 Å². The van der Waals surface area contributed by atoms with Crippen molar-refractivity contribution in [3.63, 3.8) is 0 Å². The van der Waals surface area contributed by atoms with Crippen molar-refractivity contribution in [3.05, 3.63) is 92.1 Å². The minimum absolute atomic E-state index is 0.0343. The Morgan fingerprint density at radius 2 is 2.00 bits per heavy atom. The maximum absolute atomic E-state index is 13.7. The van der Waals surface area contributed by atoms with Crippen LogP contribution in [0.3, 0.4) is 0 Å². The number of aromatic amines is 1. The van der Waals surface area contributed by atoms with Gasteiger partial charge in [-0.1, -0.05) is 6.07 Å². The van der Waals surface area contributed by atoms with E-state index in [0.29, 0.717) is 41.9 Å². The molecule has 0 saturated heterocycles. The van der Waals surface area contributed by atoms with E-state index in [-0.39, 0.29) is 23.3 Å². The van der Waals surface area contributed by atoms with Gasteiger partial charge in [-0.05, 0) is 72.9 Å². The van der Waals surface area contributed by atoms with E-state index in [4.69, 9.17) is 4.99 Å². The third kappa shape index (κ3) is 3.60. The van der Waals surface area contributed by atoms with Crippen LogP contribution in [-0.2, 0) is 19.4 Å². The number of anilines is 1. The molecule has 3 aromatic rings. The van der Waals surface area contributed by atoms with Gasteiger partial charge in [0.15, 0.2) is 0 Å². The molecule has 3 heterocycles. The first-order chi connectivity index (χ1) is 15.4. The van der Waals surface area contributed by atoms with E-state index in [0.717, 1.165) is 27.9 Å². The van der Waals surface area contributed by atoms with Gasteiger partial charge in [0.25, 0.3) is 11.5 Å². The number of benzene rings is 2. The molecular formula is C25H23FN4O2. The summed E-state index contributed by atoms with van der Waals surface area (Å²) in [6.07, 6.45) is 2.70. The molecule has 0 spiro atoms. The maximum Gasteiger partial charge on any atom is 0.259 e. The quantitative estimate of drug-likeness (QED) is 0.576. The monoisotopic (exact) mass is 430 g/mol. The van der Waals surface area contributed by atoms with Crippen LogP contribution in [0.1, 0.15) is 45.1 Å². The number of hydrogen-bond acceptors (Lipinski definition) is 4. The van der Waals surface area contributed by atoms with Crippen LogP contribution in [0.25, 0.3) is 0 Å². The number of fused-ring (bicyclic) bond motifs is 2. The molecule has 7 heteroatoms. The molecule has 1 unspecified atom stereocenters. The molecule has 3 N–H and O–H groups in total. The van der Waals surface area contributed by atoms with Crippen LogP contribution in [0.5, 0.6) is 0 Å². The number of H-pyrrole nitrogens is 1. The highest BCUT2D eigenvalue weighted by molar-refractivity contribution is 6.10. The lowest BCUT2D eigenvalue weighted by Gasteiger charge is -2.19. The molecule has 2 aliphatic heterocycles. The number of pyridine rings is 1. The molecule has 1 aromatic heterocycles. The predicted octanol–water partition coefficient (Wildman–Crippen LogP) is 3.79. The molecule has 0 fully saturated rings. The summed E-state index contributed by atoms with van der Waals surface area (Å²) >= 11 is 0. The van der Waals surface area contributed by atoms with Crippen LogP contribution in [0.2, 0.25) is 0 Å². The van der Waals surface area contributed by atoms with Crippen molar-refractivity contribution in [2.24, 2.45) is 4.99 Å². The molecule has 2 aromatic carbocycles. The van der Waals surface area contributed by atoms with Crippen molar-refractivity contribution in [1.29, 1.82) is 0 Å². The number of aromatic nitrogens is 1. The van der Waals surface area contributed by atoms with Crippen molar-refractivity contribution in [2.75, 3.05) is 5.32 Å². The normalized spacial score (nSPS) is 15.1. The molecule has 1 atom stereocenters. The molecule has 0 radical (unpaired) electrons. The molecule has 6 nitrogen and oxygen atoms in total. The standard InChI is InChI=1S/C25H23FN4O2/c1-13-3-4-18(26)8-15(13)7-14(2)29-20-5-6-27-25(32)23(20)22-10-16-9-19-17(11-21(16)30-22)12-28-24(19)31/h3-6,8-9,11,14H,7,10,12H2,1-2H3,(H,28,31)(H2,27,29,32). The molecular weight excluding hydrogens is 407 g/mol. The summed E-state index contributed by atoms with van der Waals surface area (Å²) in [6, 6.07) is 10.4. The SMILES string of the molecule is Cc1ccc(F)cc1CC(C)Nc1cc[nH]c(=O)c1C1=Nc2cc3c(cc2C1)C(=O)NC3. The number of halogens is 1. The van der Waals surface area contributed by atoms with Gasteiger partial charge in [0.1, 0.15) is 5.82 Å². The second kappa shape index (κ2) is 7.75. The molecule has 162 valence electrons. The number of aliphatic imine (C=N–C) groups is 1. The summed E-state index contributed by atoms with van der Waals surface area (Å²) in [5, 5.41) is 6.24. The smallest absolute Gasteiger partial charge is 0.259 e. The fraction of sp³-hybridized carbons (Fsp3) is 0.240. The number of nitrogens with one attached hydrogen (secondary N) is 3. The lowest BCUT2D eigenvalue weighted by molar-refractivity contribution is 0.0965. The molecule has 2 aliphatic rings. The number of amides is 1. The predicted molar refractivity (Wildman–Crippen MR) is 123 cm³/mol. The van der Waals surface area contributed by atoms with E-state index in [1.165, 1.54) is 6.07 Å². The molecule has 0 saturated carbocycles. The fourth-order valence-corrected chi connectivity index (χ4v) is 4.45. The highest BCUT2D eigenvalue weighted by Gasteiger charge is 2.26. The Balaban J connectivity index is 1.43. The average Bonchev–Trinajstić information content (AvgIpc) is 3.32. The van der Waals surface area contributed by atoms with E-state index in [1.54, 1.807) is 18.3 Å². The third-order valence-electron chi connectivity index (χ3n) is 6.09. The van der Waals surface area contributed by atoms with Gasteiger partial charge < -0.3 is 15.6 Å². The van der Waals surface area contributed by atoms with Gasteiger partial charge >= 0.3 is 0 Å². The first kappa shape index (κ1) is 20.2. The number of carbonyl (C=O) groups excluding carboxylic acids is 1. The van der Waals surface area contributed by atoms with Gasteiger partial charge in [0, 0.05) is 30.8 Å². The molecule has 0 aliphatic carbocycles. The molecule has 0 bridgehead atoms. The number of carbonyl (C=O) groups is 1. The number of hydrogen-bond donors (Lipinski definition) is 3. The van der Waals surface area contributed by atoms with Gasteiger partial charge in [0.05, 0.1) is 22.6 Å². The van der Waals surface area contributed by atoms with Crippen molar-refractivity contribution in [2.45, 2.75) is 39.3 Å². The van der Waals surface area contributed by atoms with E-state index < -0.39 is 0 Å². The van der Waals surface area contributed by atoms with E-state index in [1.807, 2.05) is 32.0 Å². The summed E-state index contributed by atoms with van der Waals surface area (Å²) in [5.74, 6) is -0.328. The van der Waals surface area contributed by atoms with E-state index in [9.17, 15) is 14.0 Å². The average molecular weight is 430 g/mol. The Morgan fingerprint density at radius 3 is 2.84 bits per heavy atom. The minimum Gasteiger partial charge on any atom is -0.382 e. The van der Waals surface area contributed by atoms with Crippen LogP contribution in [0, 0.1) is 12.7 Å². The van der Waals surface area contributed by atoms with Crippen LogP contribution in [-0.4, -0.2) is 22.6 Å². The minimum atomic E-state index is -0.256. The summed E-state index contributed by atoms with van der Waals surface area (Å²) < 4.78 is 13.7. The van der Waals surface area contributed by atoms with Crippen LogP contribution < -0.4 is 16.2 Å². The largest absolute Gasteiger partial charge is 0.382 e. The summed E-state index contributed by atoms with van der Waals surface area (Å²) in [7, 11) is 0. The zero-order valence-electron chi connectivity index (χ0n) is 17.9. The zero-order valence-corrected chi connectivity index (χ0v) is 17.9. The fourth-order valence-electron chi connectivity index (χ4n) is 4.45. The summed E-state index contributed by atoms with van der Waals surface area (Å²) in [6.45, 7) is 4.47. The Kier molecular flexibility index (Phi) is 4.89. The number of aryl methyl sites for hydroxylation is 1. The van der Waals surface area contributed by atoms with Crippen molar-refractivity contribution in [1.82, 2.24) is 10.3 Å². The maximum atomic E-state index is 13.7. The van der Waals surface area contributed by atoms with Crippen molar-refractivity contribution < 1.29 is 9.18 Å². The molecule has 5 rings (SSSR count). The second-order valence-electron chi connectivity index (χ2n) is 8.47. The number of nitrogens with zero attached hydrogens (tertiary/aromatic N) is 1. The van der Waals surface area contributed by atoms with Crippen LogP contribution in [0.4, 0.5) is 15.8 Å². The van der Waals surface area contributed by atoms with Crippen LogP contribution >= 0.6 is 0 Å². The van der Waals surface area contributed by atoms with Crippen molar-refractivity contribution >= 4 is 23.0 Å². The Bertz CT molecular complexity index is 1340. The highest BCUT2D eigenvalue weighted by Crippen LogP contribution is 2.34. The first-order valence-corrected chi connectivity index (χ1v) is 10.6. The zero-order chi connectivity index (χ0) is 22.4.